The molecule has 0 unspecified atom stereocenters. The van der Waals surface area contributed by atoms with E-state index in [1.54, 1.807) is 11.9 Å². The predicted octanol–water partition coefficient (Wildman–Crippen LogP) is 2.32. The van der Waals surface area contributed by atoms with Crippen LogP contribution < -0.4 is 0 Å². The summed E-state index contributed by atoms with van der Waals surface area (Å²) in [5, 5.41) is 20.1. The molecule has 1 aromatic carbocycles. The van der Waals surface area contributed by atoms with Crippen molar-refractivity contribution < 1.29 is 14.8 Å². The number of nitro benzene ring substituents is 1. The van der Waals surface area contributed by atoms with Crippen LogP contribution >= 0.6 is 0 Å². The van der Waals surface area contributed by atoms with Crippen molar-refractivity contribution in [3.63, 3.8) is 0 Å². The van der Waals surface area contributed by atoms with Gasteiger partial charge in [0.15, 0.2) is 5.75 Å². The Bertz CT molecular complexity index is 509. The van der Waals surface area contributed by atoms with Gasteiger partial charge in [-0.15, -0.1) is 0 Å². The van der Waals surface area contributed by atoms with Crippen molar-refractivity contribution in [2.24, 2.45) is 0 Å². The summed E-state index contributed by atoms with van der Waals surface area (Å²) in [6.45, 7) is 0. The highest BCUT2D eigenvalue weighted by Gasteiger charge is 2.25. The Morgan fingerprint density at radius 1 is 1.42 bits per heavy atom. The molecule has 6 heteroatoms. The molecule has 1 fully saturated rings. The zero-order chi connectivity index (χ0) is 14.0. The Kier molecular flexibility index (Phi) is 3.69. The maximum absolute atomic E-state index is 12.2. The minimum absolute atomic E-state index is 0.211. The van der Waals surface area contributed by atoms with Crippen LogP contribution in [0.15, 0.2) is 18.2 Å². The fourth-order valence-corrected chi connectivity index (χ4v) is 2.47. The topological polar surface area (TPSA) is 83.7 Å². The predicted molar refractivity (Wildman–Crippen MR) is 69.1 cm³/mol. The first-order chi connectivity index (χ1) is 9.00. The first-order valence-electron chi connectivity index (χ1n) is 6.25. The first kappa shape index (κ1) is 13.3. The molecular formula is C13H16N2O4. The third-order valence-corrected chi connectivity index (χ3v) is 3.61. The van der Waals surface area contributed by atoms with E-state index in [0.717, 1.165) is 37.8 Å². The molecule has 0 aromatic heterocycles. The molecule has 6 nitrogen and oxygen atoms in total. The Morgan fingerprint density at radius 3 is 2.58 bits per heavy atom. The van der Waals surface area contributed by atoms with E-state index in [9.17, 15) is 20.0 Å². The highest BCUT2D eigenvalue weighted by molar-refractivity contribution is 5.95. The molecule has 0 heterocycles. The lowest BCUT2D eigenvalue weighted by Gasteiger charge is -2.24. The number of phenols is 1. The van der Waals surface area contributed by atoms with E-state index in [0.29, 0.717) is 0 Å². The number of rotatable bonds is 3. The summed E-state index contributed by atoms with van der Waals surface area (Å²) >= 11 is 0. The summed E-state index contributed by atoms with van der Waals surface area (Å²) < 4.78 is 0. The average molecular weight is 264 g/mol. The number of benzene rings is 1. The van der Waals surface area contributed by atoms with Gasteiger partial charge in [-0.1, -0.05) is 12.8 Å². The number of hydrogen-bond donors (Lipinski definition) is 1. The van der Waals surface area contributed by atoms with Gasteiger partial charge in [0.25, 0.3) is 5.91 Å². The van der Waals surface area contributed by atoms with Crippen molar-refractivity contribution in [1.82, 2.24) is 4.90 Å². The summed E-state index contributed by atoms with van der Waals surface area (Å²) in [5.41, 5.74) is -0.113. The average Bonchev–Trinajstić information content (AvgIpc) is 2.90. The zero-order valence-corrected chi connectivity index (χ0v) is 10.7. The van der Waals surface area contributed by atoms with Crippen LogP contribution in [0.1, 0.15) is 36.0 Å². The van der Waals surface area contributed by atoms with Gasteiger partial charge in [0, 0.05) is 24.7 Å². The molecule has 0 radical (unpaired) electrons. The minimum Gasteiger partial charge on any atom is -0.502 e. The fraction of sp³-hybridized carbons (Fsp3) is 0.462. The summed E-state index contributed by atoms with van der Waals surface area (Å²) in [7, 11) is 1.73. The van der Waals surface area contributed by atoms with Crippen molar-refractivity contribution in [3.8, 4) is 5.75 Å². The van der Waals surface area contributed by atoms with E-state index in [-0.39, 0.29) is 23.2 Å². The van der Waals surface area contributed by atoms with Gasteiger partial charge in [0.2, 0.25) is 0 Å². The Labute approximate surface area is 110 Å². The molecule has 0 spiro atoms. The molecule has 0 bridgehead atoms. The van der Waals surface area contributed by atoms with Crippen LogP contribution in [0.3, 0.4) is 0 Å². The van der Waals surface area contributed by atoms with Crippen molar-refractivity contribution >= 4 is 11.6 Å². The zero-order valence-electron chi connectivity index (χ0n) is 10.7. The molecule has 1 aliphatic rings. The number of aromatic hydroxyl groups is 1. The van der Waals surface area contributed by atoms with Crippen molar-refractivity contribution in [2.75, 3.05) is 7.05 Å². The van der Waals surface area contributed by atoms with Gasteiger partial charge in [-0.25, -0.2) is 0 Å². The van der Waals surface area contributed by atoms with Crippen molar-refractivity contribution in [2.45, 2.75) is 31.7 Å². The van der Waals surface area contributed by atoms with Gasteiger partial charge >= 0.3 is 5.69 Å². The highest BCUT2D eigenvalue weighted by atomic mass is 16.6. The van der Waals surface area contributed by atoms with Gasteiger partial charge in [-0.05, 0) is 25.0 Å². The summed E-state index contributed by atoms with van der Waals surface area (Å²) in [4.78, 5) is 23.8. The highest BCUT2D eigenvalue weighted by Crippen LogP contribution is 2.28. The van der Waals surface area contributed by atoms with E-state index >= 15 is 0 Å². The van der Waals surface area contributed by atoms with Gasteiger partial charge < -0.3 is 10.0 Å². The van der Waals surface area contributed by atoms with E-state index in [4.69, 9.17) is 0 Å². The lowest BCUT2D eigenvalue weighted by molar-refractivity contribution is -0.385. The van der Waals surface area contributed by atoms with Crippen molar-refractivity contribution in [1.29, 1.82) is 0 Å². The van der Waals surface area contributed by atoms with Gasteiger partial charge in [0.1, 0.15) is 0 Å². The molecule has 1 amide bonds. The summed E-state index contributed by atoms with van der Waals surface area (Å²) in [5.74, 6) is -0.687. The Hall–Kier alpha value is -2.11. The molecule has 2 rings (SSSR count). The molecular weight excluding hydrogens is 248 g/mol. The van der Waals surface area contributed by atoms with Crippen LogP contribution in [0, 0.1) is 10.1 Å². The van der Waals surface area contributed by atoms with Crippen LogP contribution in [0.25, 0.3) is 0 Å². The molecule has 1 saturated carbocycles. The summed E-state index contributed by atoms with van der Waals surface area (Å²) in [6, 6.07) is 3.92. The number of phenolic OH excluding ortho intramolecular Hbond substituents is 1. The Morgan fingerprint density at radius 2 is 2.05 bits per heavy atom. The van der Waals surface area contributed by atoms with E-state index in [1.807, 2.05) is 0 Å². The number of carbonyl (C=O) groups is 1. The van der Waals surface area contributed by atoms with Crippen LogP contribution in [0.2, 0.25) is 0 Å². The molecule has 1 N–H and O–H groups in total. The number of nitro groups is 1. The fourth-order valence-electron chi connectivity index (χ4n) is 2.47. The van der Waals surface area contributed by atoms with E-state index in [1.165, 1.54) is 6.07 Å². The van der Waals surface area contributed by atoms with Crippen molar-refractivity contribution in [3.05, 3.63) is 33.9 Å². The number of carbonyl (C=O) groups excluding carboxylic acids is 1. The van der Waals surface area contributed by atoms with E-state index < -0.39 is 10.7 Å². The smallest absolute Gasteiger partial charge is 0.310 e. The van der Waals surface area contributed by atoms with Gasteiger partial charge in [0.05, 0.1) is 4.92 Å². The second kappa shape index (κ2) is 5.26. The number of amides is 1. The molecule has 19 heavy (non-hydrogen) atoms. The van der Waals surface area contributed by atoms with Crippen LogP contribution in [-0.4, -0.2) is 33.9 Å². The number of nitrogens with zero attached hydrogens (tertiary/aromatic N) is 2. The minimum atomic E-state index is -0.676. The summed E-state index contributed by atoms with van der Waals surface area (Å²) in [6.07, 6.45) is 4.21. The normalized spacial score (nSPS) is 15.4. The molecule has 0 atom stereocenters. The first-order valence-corrected chi connectivity index (χ1v) is 6.25. The quantitative estimate of drug-likeness (QED) is 0.670. The maximum atomic E-state index is 12.2. The molecule has 102 valence electrons. The Balaban J connectivity index is 2.19. The second-order valence-electron chi connectivity index (χ2n) is 4.81. The third-order valence-electron chi connectivity index (χ3n) is 3.61. The maximum Gasteiger partial charge on any atom is 0.310 e. The van der Waals surface area contributed by atoms with Crippen LogP contribution in [0.5, 0.6) is 5.75 Å². The van der Waals surface area contributed by atoms with Gasteiger partial charge in [-0.3, -0.25) is 14.9 Å². The second-order valence-corrected chi connectivity index (χ2v) is 4.81. The largest absolute Gasteiger partial charge is 0.502 e. The standard InChI is InChI=1S/C13H16N2O4/c1-14(10-4-2-3-5-10)13(17)9-6-7-11(15(18)19)12(16)8-9/h6-8,10,16H,2-5H2,1H3. The molecule has 1 aromatic rings. The SMILES string of the molecule is CN(C(=O)c1ccc([N+](=O)[O-])c(O)c1)C1CCCC1. The van der Waals surface area contributed by atoms with Crippen LogP contribution in [0.4, 0.5) is 5.69 Å². The number of hydrogen-bond acceptors (Lipinski definition) is 4. The van der Waals surface area contributed by atoms with Gasteiger partial charge in [-0.2, -0.15) is 0 Å². The molecule has 0 aliphatic heterocycles. The lowest BCUT2D eigenvalue weighted by atomic mass is 10.1. The lowest BCUT2D eigenvalue weighted by Crippen LogP contribution is -2.35. The third kappa shape index (κ3) is 2.67. The monoisotopic (exact) mass is 264 g/mol. The van der Waals surface area contributed by atoms with E-state index in [2.05, 4.69) is 0 Å². The molecule has 0 saturated heterocycles. The molecule has 1 aliphatic carbocycles. The van der Waals surface area contributed by atoms with Crippen LogP contribution in [-0.2, 0) is 0 Å².